The molecular formula is C29H36N2O3. The largest absolute Gasteiger partial charge is 0.459 e. The van der Waals surface area contributed by atoms with E-state index >= 15 is 0 Å². The molecule has 5 nitrogen and oxygen atoms in total. The number of amides is 1. The first-order chi connectivity index (χ1) is 16.1. The lowest BCUT2D eigenvalue weighted by molar-refractivity contribution is -0.155. The fourth-order valence-electron chi connectivity index (χ4n) is 8.06. The van der Waals surface area contributed by atoms with Gasteiger partial charge in [-0.05, 0) is 81.8 Å². The van der Waals surface area contributed by atoms with Gasteiger partial charge in [0, 0.05) is 29.1 Å². The molecule has 4 bridgehead atoms. The SMILES string of the molecule is CC(C)OC(=O)C1=CN(C(=O)C23CC4CC(CC(C4)C2)C3)CC(C)(C)c2c1[nH]c1ccccc21. The van der Waals surface area contributed by atoms with Gasteiger partial charge in [0.25, 0.3) is 0 Å². The van der Waals surface area contributed by atoms with Gasteiger partial charge in [0.15, 0.2) is 0 Å². The second-order valence-electron chi connectivity index (χ2n) is 12.4. The van der Waals surface area contributed by atoms with E-state index in [1.807, 2.05) is 43.1 Å². The number of para-hydroxylation sites is 1. The van der Waals surface area contributed by atoms with Crippen LogP contribution in [0.25, 0.3) is 16.5 Å². The Kier molecular flexibility index (Phi) is 4.82. The highest BCUT2D eigenvalue weighted by atomic mass is 16.5. The molecule has 5 aliphatic rings. The van der Waals surface area contributed by atoms with Crippen molar-refractivity contribution in [2.75, 3.05) is 6.54 Å². The van der Waals surface area contributed by atoms with E-state index in [0.717, 1.165) is 41.4 Å². The van der Waals surface area contributed by atoms with Crippen molar-refractivity contribution in [1.29, 1.82) is 0 Å². The molecule has 2 aromatic rings. The first-order valence-corrected chi connectivity index (χ1v) is 13.0. The lowest BCUT2D eigenvalue weighted by Gasteiger charge is -2.56. The minimum absolute atomic E-state index is 0.226. The van der Waals surface area contributed by atoms with E-state index in [1.165, 1.54) is 19.3 Å². The zero-order valence-corrected chi connectivity index (χ0v) is 20.8. The van der Waals surface area contributed by atoms with E-state index < -0.39 is 0 Å². The Morgan fingerprint density at radius 1 is 1.03 bits per heavy atom. The lowest BCUT2D eigenvalue weighted by Crippen LogP contribution is -2.54. The molecule has 4 aliphatic carbocycles. The van der Waals surface area contributed by atoms with E-state index in [-0.39, 0.29) is 28.8 Å². The van der Waals surface area contributed by atoms with Crippen molar-refractivity contribution in [3.8, 4) is 0 Å². The summed E-state index contributed by atoms with van der Waals surface area (Å²) in [7, 11) is 0. The molecule has 4 saturated carbocycles. The van der Waals surface area contributed by atoms with Crippen LogP contribution in [-0.2, 0) is 19.7 Å². The van der Waals surface area contributed by atoms with Crippen molar-refractivity contribution >= 4 is 28.4 Å². The van der Waals surface area contributed by atoms with Crippen LogP contribution in [0.3, 0.4) is 0 Å². The monoisotopic (exact) mass is 460 g/mol. The fourth-order valence-corrected chi connectivity index (χ4v) is 8.06. The number of nitrogens with one attached hydrogen (secondary N) is 1. The third kappa shape index (κ3) is 3.34. The summed E-state index contributed by atoms with van der Waals surface area (Å²) < 4.78 is 5.68. The number of carbonyl (C=O) groups excluding carboxylic acids is 2. The van der Waals surface area contributed by atoms with Crippen molar-refractivity contribution in [1.82, 2.24) is 9.88 Å². The van der Waals surface area contributed by atoms with E-state index in [4.69, 9.17) is 4.74 Å². The summed E-state index contributed by atoms with van der Waals surface area (Å²) >= 11 is 0. The van der Waals surface area contributed by atoms with E-state index in [2.05, 4.69) is 24.9 Å². The maximum Gasteiger partial charge on any atom is 0.342 e. The third-order valence-corrected chi connectivity index (χ3v) is 8.82. The van der Waals surface area contributed by atoms with Gasteiger partial charge in [-0.2, -0.15) is 0 Å². The standard InChI is InChI=1S/C29H36N2O3/c1-17(2)34-26(32)22-15-31(27(33)29-12-18-9-19(13-29)11-20(10-18)14-29)16-28(3,4)24-21-7-5-6-8-23(21)30-25(22)24/h5-8,15,17-20,30H,9-14,16H2,1-4H3. The number of nitrogens with zero attached hydrogens (tertiary/aromatic N) is 1. The summed E-state index contributed by atoms with van der Waals surface area (Å²) in [5, 5.41) is 1.11. The van der Waals surface area contributed by atoms with Gasteiger partial charge < -0.3 is 14.6 Å². The highest BCUT2D eigenvalue weighted by Gasteiger charge is 2.56. The van der Waals surface area contributed by atoms with Gasteiger partial charge in [-0.15, -0.1) is 0 Å². The number of fused-ring (bicyclic) bond motifs is 3. The summed E-state index contributed by atoms with van der Waals surface area (Å²) in [6, 6.07) is 8.19. The average molecular weight is 461 g/mol. The van der Waals surface area contributed by atoms with Crippen molar-refractivity contribution in [3.05, 3.63) is 41.7 Å². The highest BCUT2D eigenvalue weighted by Crippen LogP contribution is 2.61. The summed E-state index contributed by atoms with van der Waals surface area (Å²) in [4.78, 5) is 33.1. The molecule has 1 amide bonds. The maximum absolute atomic E-state index is 14.3. The van der Waals surface area contributed by atoms with Crippen molar-refractivity contribution < 1.29 is 14.3 Å². The normalized spacial score (nSPS) is 31.4. The van der Waals surface area contributed by atoms with E-state index in [0.29, 0.717) is 29.9 Å². The Labute approximate surface area is 201 Å². The summed E-state index contributed by atoms with van der Waals surface area (Å²) in [6.45, 7) is 8.67. The Morgan fingerprint density at radius 2 is 1.65 bits per heavy atom. The van der Waals surface area contributed by atoms with Gasteiger partial charge in [0.1, 0.15) is 0 Å². The van der Waals surface area contributed by atoms with Crippen LogP contribution in [0.15, 0.2) is 30.5 Å². The average Bonchev–Trinajstić information content (AvgIpc) is 3.09. The number of aromatic nitrogens is 1. The topological polar surface area (TPSA) is 62.4 Å². The van der Waals surface area contributed by atoms with Gasteiger partial charge in [-0.25, -0.2) is 4.79 Å². The number of aromatic amines is 1. The molecule has 0 unspecified atom stereocenters. The number of hydrogen-bond acceptors (Lipinski definition) is 3. The predicted octanol–water partition coefficient (Wildman–Crippen LogP) is 5.80. The molecule has 180 valence electrons. The minimum atomic E-state index is -0.371. The van der Waals surface area contributed by atoms with Crippen LogP contribution >= 0.6 is 0 Å². The van der Waals surface area contributed by atoms with E-state index in [1.54, 1.807) is 0 Å². The van der Waals surface area contributed by atoms with Crippen molar-refractivity contribution in [2.45, 2.75) is 77.7 Å². The van der Waals surface area contributed by atoms with Gasteiger partial charge in [0.05, 0.1) is 22.8 Å². The quantitative estimate of drug-likeness (QED) is 0.589. The highest BCUT2D eigenvalue weighted by molar-refractivity contribution is 6.18. The smallest absolute Gasteiger partial charge is 0.342 e. The lowest BCUT2D eigenvalue weighted by atomic mass is 9.49. The number of H-pyrrole nitrogens is 1. The summed E-state index contributed by atoms with van der Waals surface area (Å²) in [5.41, 5.74) is 2.76. The first kappa shape index (κ1) is 21.9. The van der Waals surface area contributed by atoms with Crippen LogP contribution in [0.4, 0.5) is 0 Å². The Balaban J connectivity index is 1.46. The molecule has 2 heterocycles. The minimum Gasteiger partial charge on any atom is -0.459 e. The molecule has 1 N–H and O–H groups in total. The zero-order chi connectivity index (χ0) is 23.8. The second-order valence-corrected chi connectivity index (χ2v) is 12.4. The van der Waals surface area contributed by atoms with Crippen LogP contribution in [0.1, 0.15) is 77.5 Å². The van der Waals surface area contributed by atoms with Crippen LogP contribution in [0.2, 0.25) is 0 Å². The molecule has 0 radical (unpaired) electrons. The summed E-state index contributed by atoms with van der Waals surface area (Å²) in [6.07, 6.45) is 8.54. The van der Waals surface area contributed by atoms with Crippen LogP contribution in [-0.4, -0.2) is 34.4 Å². The third-order valence-electron chi connectivity index (χ3n) is 8.82. The molecule has 34 heavy (non-hydrogen) atoms. The molecule has 1 aliphatic heterocycles. The van der Waals surface area contributed by atoms with Crippen LogP contribution in [0, 0.1) is 23.2 Å². The Morgan fingerprint density at radius 3 is 2.26 bits per heavy atom. The number of ether oxygens (including phenoxy) is 1. The molecular weight excluding hydrogens is 424 g/mol. The number of rotatable bonds is 3. The maximum atomic E-state index is 14.3. The second kappa shape index (κ2) is 7.47. The Bertz CT molecular complexity index is 1170. The van der Waals surface area contributed by atoms with Gasteiger partial charge in [0.2, 0.25) is 5.91 Å². The number of benzene rings is 1. The van der Waals surface area contributed by atoms with Gasteiger partial charge in [-0.1, -0.05) is 32.0 Å². The van der Waals surface area contributed by atoms with Crippen molar-refractivity contribution in [3.63, 3.8) is 0 Å². The molecule has 0 saturated heterocycles. The molecule has 1 aromatic carbocycles. The zero-order valence-electron chi connectivity index (χ0n) is 20.8. The van der Waals surface area contributed by atoms with Crippen LogP contribution in [0.5, 0.6) is 0 Å². The molecule has 5 heteroatoms. The van der Waals surface area contributed by atoms with Gasteiger partial charge >= 0.3 is 5.97 Å². The molecule has 7 rings (SSSR count). The first-order valence-electron chi connectivity index (χ1n) is 13.0. The van der Waals surface area contributed by atoms with E-state index in [9.17, 15) is 9.59 Å². The van der Waals surface area contributed by atoms with Gasteiger partial charge in [-0.3, -0.25) is 4.79 Å². The Hall–Kier alpha value is -2.56. The molecule has 4 fully saturated rings. The van der Waals surface area contributed by atoms with Crippen LogP contribution < -0.4 is 0 Å². The molecule has 0 atom stereocenters. The number of carbonyl (C=O) groups is 2. The number of hydrogen-bond donors (Lipinski definition) is 1. The summed E-state index contributed by atoms with van der Waals surface area (Å²) in [5.74, 6) is 1.94. The molecule has 0 spiro atoms. The fraction of sp³-hybridized carbons (Fsp3) is 0.586. The number of esters is 1. The predicted molar refractivity (Wildman–Crippen MR) is 133 cm³/mol. The molecule has 1 aromatic heterocycles. The van der Waals surface area contributed by atoms with Crippen molar-refractivity contribution in [2.24, 2.45) is 23.2 Å².